The van der Waals surface area contributed by atoms with Crippen molar-refractivity contribution in [1.82, 2.24) is 4.31 Å². The standard InChI is InChI=1S/C20H22ClFN4O2S/c1-20(11-29(27,28)26(2)19(23)25-20)16-10-14(5-7-17(16)22)24-18-8-3-12-9-13(21)4-6-15(12)18/h4-7,9-10,18,24H,3,8,11H2,1-2H3,(H2,23,25)/t18-,20?/m0/s1. The number of nitrogens with two attached hydrogens (primary N) is 1. The van der Waals surface area contributed by atoms with Crippen molar-refractivity contribution in [2.75, 3.05) is 18.1 Å². The SMILES string of the molecule is CN1C(N)=NC(C)(c2cc(N[C@H]3CCc4cc(Cl)ccc43)ccc2F)CS1(=O)=O. The van der Waals surface area contributed by atoms with Crippen molar-refractivity contribution in [2.45, 2.75) is 31.3 Å². The van der Waals surface area contributed by atoms with E-state index in [-0.39, 0.29) is 23.3 Å². The third-order valence-electron chi connectivity index (χ3n) is 5.63. The molecule has 4 rings (SSSR count). The Morgan fingerprint density at radius 2 is 2.07 bits per heavy atom. The van der Waals surface area contributed by atoms with Crippen LogP contribution in [0.3, 0.4) is 0 Å². The zero-order valence-corrected chi connectivity index (χ0v) is 17.7. The molecular formula is C20H22ClFN4O2S. The van der Waals surface area contributed by atoms with Crippen molar-refractivity contribution in [3.8, 4) is 0 Å². The maximum atomic E-state index is 14.7. The Morgan fingerprint density at radius 1 is 1.31 bits per heavy atom. The van der Waals surface area contributed by atoms with Crippen molar-refractivity contribution < 1.29 is 12.8 Å². The number of halogens is 2. The highest BCUT2D eigenvalue weighted by Crippen LogP contribution is 2.38. The predicted octanol–water partition coefficient (Wildman–Crippen LogP) is 3.38. The minimum Gasteiger partial charge on any atom is -0.378 e. The van der Waals surface area contributed by atoms with E-state index in [0.717, 1.165) is 22.7 Å². The second-order valence-electron chi connectivity index (χ2n) is 7.74. The van der Waals surface area contributed by atoms with Gasteiger partial charge in [0.1, 0.15) is 11.4 Å². The van der Waals surface area contributed by atoms with Gasteiger partial charge in [0, 0.05) is 23.3 Å². The number of fused-ring (bicyclic) bond motifs is 1. The van der Waals surface area contributed by atoms with Crippen LogP contribution in [0.4, 0.5) is 10.1 Å². The Balaban J connectivity index is 1.68. The Labute approximate surface area is 174 Å². The van der Waals surface area contributed by atoms with E-state index in [1.165, 1.54) is 18.7 Å². The molecule has 0 saturated carbocycles. The summed E-state index contributed by atoms with van der Waals surface area (Å²) in [6.45, 7) is 1.58. The van der Waals surface area contributed by atoms with Gasteiger partial charge in [-0.05, 0) is 61.2 Å². The summed E-state index contributed by atoms with van der Waals surface area (Å²) in [5.41, 5.74) is 7.74. The number of rotatable bonds is 3. The summed E-state index contributed by atoms with van der Waals surface area (Å²) >= 11 is 6.08. The molecule has 0 aromatic heterocycles. The van der Waals surface area contributed by atoms with Gasteiger partial charge in [-0.1, -0.05) is 17.7 Å². The highest BCUT2D eigenvalue weighted by Gasteiger charge is 2.41. The molecule has 29 heavy (non-hydrogen) atoms. The van der Waals surface area contributed by atoms with Gasteiger partial charge in [0.2, 0.25) is 16.0 Å². The molecule has 2 aromatic rings. The summed E-state index contributed by atoms with van der Waals surface area (Å²) in [7, 11) is -2.35. The summed E-state index contributed by atoms with van der Waals surface area (Å²) in [5.74, 6) is -1.03. The lowest BCUT2D eigenvalue weighted by Crippen LogP contribution is -2.50. The molecule has 3 N–H and O–H groups in total. The van der Waals surface area contributed by atoms with Crippen molar-refractivity contribution in [1.29, 1.82) is 0 Å². The van der Waals surface area contributed by atoms with Crippen molar-refractivity contribution in [3.63, 3.8) is 0 Å². The third-order valence-corrected chi connectivity index (χ3v) is 7.82. The van der Waals surface area contributed by atoms with E-state index >= 15 is 0 Å². The zero-order valence-electron chi connectivity index (χ0n) is 16.1. The Kier molecular flexibility index (Phi) is 4.74. The van der Waals surface area contributed by atoms with Crippen molar-refractivity contribution in [3.05, 3.63) is 63.9 Å². The Bertz CT molecular complexity index is 1120. The summed E-state index contributed by atoms with van der Waals surface area (Å²) in [5, 5.41) is 4.14. The zero-order chi connectivity index (χ0) is 21.0. The first-order chi connectivity index (χ1) is 13.6. The fourth-order valence-electron chi connectivity index (χ4n) is 4.05. The maximum absolute atomic E-state index is 14.7. The van der Waals surface area contributed by atoms with Crippen molar-refractivity contribution in [2.24, 2.45) is 10.7 Å². The van der Waals surface area contributed by atoms with Crippen LogP contribution in [0.15, 0.2) is 41.4 Å². The minimum atomic E-state index is -3.68. The lowest BCUT2D eigenvalue weighted by Gasteiger charge is -2.34. The number of nitrogens with zero attached hydrogens (tertiary/aromatic N) is 2. The van der Waals surface area contributed by atoms with Gasteiger partial charge in [0.15, 0.2) is 0 Å². The second-order valence-corrected chi connectivity index (χ2v) is 10.2. The van der Waals surface area contributed by atoms with Crippen LogP contribution < -0.4 is 11.1 Å². The fraction of sp³-hybridized carbons (Fsp3) is 0.350. The van der Waals surface area contributed by atoms with Gasteiger partial charge in [-0.15, -0.1) is 0 Å². The van der Waals surface area contributed by atoms with E-state index in [0.29, 0.717) is 10.7 Å². The summed E-state index contributed by atoms with van der Waals surface area (Å²) in [6, 6.07) is 10.5. The minimum absolute atomic E-state index is 0.0724. The third kappa shape index (κ3) is 3.55. The van der Waals surface area contributed by atoms with Crippen LogP contribution in [0, 0.1) is 5.82 Å². The topological polar surface area (TPSA) is 87.8 Å². The van der Waals surface area contributed by atoms with Gasteiger partial charge in [-0.2, -0.15) is 0 Å². The number of aliphatic imine (C=N–C) groups is 1. The fourth-order valence-corrected chi connectivity index (χ4v) is 5.70. The normalized spacial score (nSPS) is 25.4. The molecule has 1 unspecified atom stereocenters. The largest absolute Gasteiger partial charge is 0.378 e. The van der Waals surface area contributed by atoms with E-state index in [1.807, 2.05) is 18.2 Å². The van der Waals surface area contributed by atoms with Crippen molar-refractivity contribution >= 4 is 33.3 Å². The van der Waals surface area contributed by atoms with E-state index in [4.69, 9.17) is 17.3 Å². The quantitative estimate of drug-likeness (QED) is 0.772. The van der Waals surface area contributed by atoms with E-state index in [9.17, 15) is 12.8 Å². The first-order valence-corrected chi connectivity index (χ1v) is 11.2. The molecule has 6 nitrogen and oxygen atoms in total. The smallest absolute Gasteiger partial charge is 0.239 e. The van der Waals surface area contributed by atoms with Gasteiger partial charge in [0.25, 0.3) is 0 Å². The molecule has 9 heteroatoms. The van der Waals surface area contributed by atoms with Gasteiger partial charge in [0.05, 0.1) is 11.8 Å². The molecule has 1 aliphatic heterocycles. The summed E-state index contributed by atoms with van der Waals surface area (Å²) in [4.78, 5) is 4.30. The second kappa shape index (κ2) is 6.88. The lowest BCUT2D eigenvalue weighted by molar-refractivity contribution is 0.458. The van der Waals surface area contributed by atoms with Crippen LogP contribution in [0.25, 0.3) is 0 Å². The number of benzene rings is 2. The number of hydrogen-bond donors (Lipinski definition) is 2. The maximum Gasteiger partial charge on any atom is 0.239 e. The predicted molar refractivity (Wildman–Crippen MR) is 113 cm³/mol. The number of sulfonamides is 1. The lowest BCUT2D eigenvalue weighted by atomic mass is 9.93. The summed E-state index contributed by atoms with van der Waals surface area (Å²) < 4.78 is 40.5. The summed E-state index contributed by atoms with van der Waals surface area (Å²) in [6.07, 6.45) is 1.80. The molecule has 0 radical (unpaired) electrons. The highest BCUT2D eigenvalue weighted by atomic mass is 35.5. The number of anilines is 1. The van der Waals surface area contributed by atoms with Gasteiger partial charge in [-0.3, -0.25) is 0 Å². The van der Waals surface area contributed by atoms with Gasteiger partial charge >= 0.3 is 0 Å². The molecule has 0 spiro atoms. The van der Waals surface area contributed by atoms with E-state index < -0.39 is 21.4 Å². The monoisotopic (exact) mass is 436 g/mol. The van der Waals surface area contributed by atoms with E-state index in [2.05, 4.69) is 10.3 Å². The van der Waals surface area contributed by atoms with Crippen LogP contribution in [0.5, 0.6) is 0 Å². The molecule has 0 saturated heterocycles. The van der Waals surface area contributed by atoms with Gasteiger partial charge in [-0.25, -0.2) is 22.1 Å². The van der Waals surface area contributed by atoms with Crippen LogP contribution >= 0.6 is 11.6 Å². The molecule has 0 amide bonds. The molecule has 1 heterocycles. The highest BCUT2D eigenvalue weighted by molar-refractivity contribution is 7.89. The average Bonchev–Trinajstić information content (AvgIpc) is 3.02. The molecule has 0 fully saturated rings. The number of aryl methyl sites for hydroxylation is 1. The average molecular weight is 437 g/mol. The molecule has 1 aliphatic carbocycles. The van der Waals surface area contributed by atoms with Crippen LogP contribution in [0.2, 0.25) is 5.02 Å². The first-order valence-electron chi connectivity index (χ1n) is 9.26. The Hall–Kier alpha value is -2.32. The van der Waals surface area contributed by atoms with E-state index in [1.54, 1.807) is 19.1 Å². The van der Waals surface area contributed by atoms with Crippen LogP contribution in [-0.4, -0.2) is 31.5 Å². The molecule has 2 aromatic carbocycles. The molecule has 2 aliphatic rings. The number of hydrogen-bond acceptors (Lipinski definition) is 5. The number of guanidine groups is 1. The number of nitrogens with one attached hydrogen (secondary N) is 1. The molecule has 0 bridgehead atoms. The first kappa shape index (κ1) is 20.0. The molecule has 2 atom stereocenters. The van der Waals surface area contributed by atoms with Crippen LogP contribution in [-0.2, 0) is 22.0 Å². The molecular weight excluding hydrogens is 415 g/mol. The van der Waals surface area contributed by atoms with Gasteiger partial charge < -0.3 is 11.1 Å². The molecule has 154 valence electrons. The Morgan fingerprint density at radius 3 is 2.79 bits per heavy atom. The van der Waals surface area contributed by atoms with Crippen LogP contribution in [0.1, 0.15) is 36.1 Å².